The number of carboxylic acid groups (broad SMARTS) is 1. The number of aliphatic carboxylic acids is 1. The number of carbonyl (C=O) groups excluding carboxylic acids is 1. The standard InChI is InChI=1S/C21H23N5O.C2HF3O2/c1-14-4-2-3-5-16(14)18-13-25(11-10-22-18)21(27)19-12-17(15-6-7-15)24-20-8-9-23-26(19)20;3-2(4,5)1(6)7/h2-5,8-9,12,15,18,22H,6-7,10-11,13H2,1H3;(H,6,7). The van der Waals surface area contributed by atoms with Gasteiger partial charge in [0.05, 0.1) is 12.2 Å². The van der Waals surface area contributed by atoms with Crippen LogP contribution in [0, 0.1) is 6.92 Å². The Kier molecular flexibility index (Phi) is 6.56. The molecule has 0 spiro atoms. The quantitative estimate of drug-likeness (QED) is 0.603. The Morgan fingerprint density at radius 3 is 2.53 bits per heavy atom. The molecule has 5 rings (SSSR count). The number of benzene rings is 1. The first-order valence-corrected chi connectivity index (χ1v) is 10.9. The third-order valence-electron chi connectivity index (χ3n) is 5.86. The molecule has 2 fully saturated rings. The lowest BCUT2D eigenvalue weighted by Gasteiger charge is -2.34. The second-order valence-corrected chi connectivity index (χ2v) is 8.36. The summed E-state index contributed by atoms with van der Waals surface area (Å²) in [5, 5.41) is 15.0. The van der Waals surface area contributed by atoms with E-state index >= 15 is 0 Å². The maximum absolute atomic E-state index is 13.4. The molecule has 1 amide bonds. The molecule has 0 bridgehead atoms. The molecule has 1 unspecified atom stereocenters. The van der Waals surface area contributed by atoms with Crippen LogP contribution < -0.4 is 5.32 Å². The SMILES string of the molecule is Cc1ccccc1C1CN(C(=O)c2cc(C3CC3)nc3ccnn23)CCN1.O=C(O)C(F)(F)F. The molecule has 1 aliphatic carbocycles. The molecular formula is C23H24F3N5O3. The predicted octanol–water partition coefficient (Wildman–Crippen LogP) is 3.34. The maximum atomic E-state index is 13.4. The minimum atomic E-state index is -5.08. The van der Waals surface area contributed by atoms with Crippen molar-refractivity contribution in [1.29, 1.82) is 0 Å². The van der Waals surface area contributed by atoms with Crippen molar-refractivity contribution in [2.24, 2.45) is 0 Å². The first kappa shape index (κ1) is 23.7. The average Bonchev–Trinajstić information content (AvgIpc) is 3.55. The van der Waals surface area contributed by atoms with Crippen LogP contribution >= 0.6 is 0 Å². The summed E-state index contributed by atoms with van der Waals surface area (Å²) in [5.74, 6) is -2.22. The van der Waals surface area contributed by atoms with Gasteiger partial charge in [-0.05, 0) is 37.0 Å². The molecule has 2 aliphatic rings. The summed E-state index contributed by atoms with van der Waals surface area (Å²) in [6.45, 7) is 4.27. The molecule has 34 heavy (non-hydrogen) atoms. The number of fused-ring (bicyclic) bond motifs is 1. The number of hydrogen-bond donors (Lipinski definition) is 2. The highest BCUT2D eigenvalue weighted by Crippen LogP contribution is 2.39. The van der Waals surface area contributed by atoms with Gasteiger partial charge in [-0.1, -0.05) is 24.3 Å². The second kappa shape index (κ2) is 9.41. The largest absolute Gasteiger partial charge is 0.490 e. The molecular weight excluding hydrogens is 451 g/mol. The normalized spacial score (nSPS) is 18.4. The van der Waals surface area contributed by atoms with E-state index in [0.29, 0.717) is 24.7 Å². The first-order valence-electron chi connectivity index (χ1n) is 10.9. The third kappa shape index (κ3) is 5.19. The van der Waals surface area contributed by atoms with Crippen molar-refractivity contribution < 1.29 is 27.9 Å². The topological polar surface area (TPSA) is 99.8 Å². The van der Waals surface area contributed by atoms with Gasteiger partial charge in [0, 0.05) is 37.3 Å². The van der Waals surface area contributed by atoms with E-state index in [1.165, 1.54) is 11.1 Å². The molecule has 180 valence electrons. The molecule has 8 nitrogen and oxygen atoms in total. The lowest BCUT2D eigenvalue weighted by molar-refractivity contribution is -0.192. The highest BCUT2D eigenvalue weighted by Gasteiger charge is 2.38. The zero-order valence-electron chi connectivity index (χ0n) is 18.4. The Labute approximate surface area is 193 Å². The number of rotatable bonds is 3. The summed E-state index contributed by atoms with van der Waals surface area (Å²) in [4.78, 5) is 28.9. The highest BCUT2D eigenvalue weighted by molar-refractivity contribution is 5.93. The maximum Gasteiger partial charge on any atom is 0.490 e. The fourth-order valence-corrected chi connectivity index (χ4v) is 3.96. The number of hydrogen-bond acceptors (Lipinski definition) is 5. The number of nitrogens with one attached hydrogen (secondary N) is 1. The highest BCUT2D eigenvalue weighted by atomic mass is 19.4. The molecule has 2 aromatic heterocycles. The number of nitrogens with zero attached hydrogens (tertiary/aromatic N) is 4. The van der Waals surface area contributed by atoms with E-state index in [1.807, 2.05) is 17.0 Å². The lowest BCUT2D eigenvalue weighted by atomic mass is 9.99. The number of carbonyl (C=O) groups is 2. The van der Waals surface area contributed by atoms with Gasteiger partial charge in [-0.15, -0.1) is 0 Å². The van der Waals surface area contributed by atoms with Crippen LogP contribution in [0.3, 0.4) is 0 Å². The summed E-state index contributed by atoms with van der Waals surface area (Å²) in [7, 11) is 0. The summed E-state index contributed by atoms with van der Waals surface area (Å²) >= 11 is 0. The number of piperazine rings is 1. The van der Waals surface area contributed by atoms with Gasteiger partial charge >= 0.3 is 12.1 Å². The molecule has 1 saturated carbocycles. The van der Waals surface area contributed by atoms with Gasteiger partial charge in [0.15, 0.2) is 5.65 Å². The van der Waals surface area contributed by atoms with Crippen LogP contribution in [0.25, 0.3) is 5.65 Å². The van der Waals surface area contributed by atoms with Gasteiger partial charge in [0.2, 0.25) is 0 Å². The van der Waals surface area contributed by atoms with Crippen LogP contribution in [0.5, 0.6) is 0 Å². The zero-order valence-corrected chi connectivity index (χ0v) is 18.4. The molecule has 0 radical (unpaired) electrons. The molecule has 2 N–H and O–H groups in total. The van der Waals surface area contributed by atoms with E-state index in [2.05, 4.69) is 46.6 Å². The monoisotopic (exact) mass is 475 g/mol. The molecule has 1 aliphatic heterocycles. The van der Waals surface area contributed by atoms with Crippen molar-refractivity contribution in [1.82, 2.24) is 24.8 Å². The van der Waals surface area contributed by atoms with E-state index in [1.54, 1.807) is 10.7 Å². The van der Waals surface area contributed by atoms with Crippen molar-refractivity contribution in [2.75, 3.05) is 19.6 Å². The van der Waals surface area contributed by atoms with E-state index < -0.39 is 12.1 Å². The van der Waals surface area contributed by atoms with E-state index in [-0.39, 0.29) is 11.9 Å². The number of carboxylic acids is 1. The first-order chi connectivity index (χ1) is 16.1. The van der Waals surface area contributed by atoms with Crippen molar-refractivity contribution in [2.45, 2.75) is 37.9 Å². The summed E-state index contributed by atoms with van der Waals surface area (Å²) in [6.07, 6.45) is -1.05. The van der Waals surface area contributed by atoms with Crippen molar-refractivity contribution >= 4 is 17.5 Å². The van der Waals surface area contributed by atoms with Crippen LogP contribution in [0.4, 0.5) is 13.2 Å². The fraction of sp³-hybridized carbons (Fsp3) is 0.391. The van der Waals surface area contributed by atoms with Crippen LogP contribution in [0.15, 0.2) is 42.6 Å². The van der Waals surface area contributed by atoms with Gasteiger partial charge < -0.3 is 15.3 Å². The number of halogens is 3. The number of aromatic nitrogens is 3. The number of amides is 1. The van der Waals surface area contributed by atoms with Crippen molar-refractivity contribution in [3.63, 3.8) is 0 Å². The minimum Gasteiger partial charge on any atom is -0.475 e. The number of aryl methyl sites for hydroxylation is 1. The third-order valence-corrected chi connectivity index (χ3v) is 5.86. The van der Waals surface area contributed by atoms with Crippen LogP contribution in [-0.4, -0.2) is 62.3 Å². The Balaban J connectivity index is 0.000000344. The lowest BCUT2D eigenvalue weighted by Crippen LogP contribution is -2.48. The predicted molar refractivity (Wildman–Crippen MR) is 116 cm³/mol. The van der Waals surface area contributed by atoms with Gasteiger partial charge in [0.25, 0.3) is 5.91 Å². The molecule has 3 aromatic rings. The Morgan fingerprint density at radius 1 is 1.18 bits per heavy atom. The van der Waals surface area contributed by atoms with Crippen LogP contribution in [0.2, 0.25) is 0 Å². The smallest absolute Gasteiger partial charge is 0.475 e. The van der Waals surface area contributed by atoms with Crippen LogP contribution in [-0.2, 0) is 4.79 Å². The zero-order chi connectivity index (χ0) is 24.5. The molecule has 1 saturated heterocycles. The fourth-order valence-electron chi connectivity index (χ4n) is 3.96. The average molecular weight is 475 g/mol. The molecule has 3 heterocycles. The molecule has 1 aromatic carbocycles. The minimum absolute atomic E-state index is 0.0353. The van der Waals surface area contributed by atoms with E-state index in [0.717, 1.165) is 30.7 Å². The van der Waals surface area contributed by atoms with E-state index in [9.17, 15) is 18.0 Å². The molecule has 1 atom stereocenters. The second-order valence-electron chi connectivity index (χ2n) is 8.36. The number of alkyl halides is 3. The van der Waals surface area contributed by atoms with Crippen molar-refractivity contribution in [3.8, 4) is 0 Å². The van der Waals surface area contributed by atoms with Gasteiger partial charge in [-0.25, -0.2) is 14.3 Å². The Hall–Kier alpha value is -3.47. The van der Waals surface area contributed by atoms with Gasteiger partial charge in [-0.2, -0.15) is 18.3 Å². The summed E-state index contributed by atoms with van der Waals surface area (Å²) < 4.78 is 33.4. The summed E-state index contributed by atoms with van der Waals surface area (Å²) in [6, 6.07) is 12.3. The van der Waals surface area contributed by atoms with Crippen LogP contribution in [0.1, 0.15) is 52.1 Å². The Bertz CT molecular complexity index is 1210. The van der Waals surface area contributed by atoms with Gasteiger partial charge in [-0.3, -0.25) is 4.79 Å². The Morgan fingerprint density at radius 2 is 1.88 bits per heavy atom. The van der Waals surface area contributed by atoms with Crippen molar-refractivity contribution in [3.05, 3.63) is 65.1 Å². The van der Waals surface area contributed by atoms with Gasteiger partial charge in [0.1, 0.15) is 5.69 Å². The van der Waals surface area contributed by atoms with E-state index in [4.69, 9.17) is 9.90 Å². The molecule has 11 heteroatoms. The summed E-state index contributed by atoms with van der Waals surface area (Å²) in [5.41, 5.74) is 4.91.